The van der Waals surface area contributed by atoms with Crippen LogP contribution in [0.25, 0.3) is 0 Å². The van der Waals surface area contributed by atoms with Crippen molar-refractivity contribution in [3.8, 4) is 5.75 Å². The summed E-state index contributed by atoms with van der Waals surface area (Å²) in [5.41, 5.74) is 0.685. The molecule has 0 spiro atoms. The Morgan fingerprint density at radius 3 is 2.55 bits per heavy atom. The molecule has 0 saturated carbocycles. The first-order chi connectivity index (χ1) is 14.8. The number of likely N-dealkylation sites (tertiary alicyclic amines) is 1. The summed E-state index contributed by atoms with van der Waals surface area (Å²) in [6.07, 6.45) is 1.91. The highest BCUT2D eigenvalue weighted by Gasteiger charge is 2.29. The Morgan fingerprint density at radius 2 is 1.90 bits per heavy atom. The van der Waals surface area contributed by atoms with E-state index in [0.717, 1.165) is 24.2 Å². The van der Waals surface area contributed by atoms with Crippen molar-refractivity contribution in [3.05, 3.63) is 44.2 Å². The van der Waals surface area contributed by atoms with Crippen LogP contribution in [0.2, 0.25) is 10.0 Å². The molecule has 7 nitrogen and oxygen atoms in total. The van der Waals surface area contributed by atoms with Gasteiger partial charge in [0.1, 0.15) is 10.8 Å². The van der Waals surface area contributed by atoms with Crippen molar-refractivity contribution in [1.29, 1.82) is 0 Å². The molecule has 2 aromatic rings. The zero-order valence-electron chi connectivity index (χ0n) is 17.1. The normalized spacial score (nSPS) is 13.2. The molecule has 1 aliphatic rings. The number of anilines is 1. The van der Waals surface area contributed by atoms with Crippen molar-refractivity contribution in [1.82, 2.24) is 4.90 Å². The van der Waals surface area contributed by atoms with Gasteiger partial charge in [0.2, 0.25) is 0 Å². The maximum atomic E-state index is 12.9. The van der Waals surface area contributed by atoms with Gasteiger partial charge in [0.05, 0.1) is 22.1 Å². The van der Waals surface area contributed by atoms with Gasteiger partial charge in [0.15, 0.2) is 6.61 Å². The largest absolute Gasteiger partial charge is 0.482 e. The minimum Gasteiger partial charge on any atom is -0.482 e. The second kappa shape index (κ2) is 10.3. The summed E-state index contributed by atoms with van der Waals surface area (Å²) < 4.78 is 10.6. The quantitative estimate of drug-likeness (QED) is 0.570. The second-order valence-electron chi connectivity index (χ2n) is 6.89. The lowest BCUT2D eigenvalue weighted by molar-refractivity contribution is -0.118. The smallest absolute Gasteiger partial charge is 0.341 e. The van der Waals surface area contributed by atoms with E-state index in [4.69, 9.17) is 32.7 Å². The van der Waals surface area contributed by atoms with Crippen LogP contribution >= 0.6 is 34.5 Å². The number of halogens is 2. The fraction of sp³-hybridized carbons (Fsp3) is 0.381. The maximum absolute atomic E-state index is 12.9. The van der Waals surface area contributed by atoms with E-state index in [9.17, 15) is 14.4 Å². The highest BCUT2D eigenvalue weighted by molar-refractivity contribution is 7.18. The van der Waals surface area contributed by atoms with E-state index in [1.165, 1.54) is 6.07 Å². The molecule has 0 aliphatic carbocycles. The van der Waals surface area contributed by atoms with Gasteiger partial charge in [-0.05, 0) is 50.5 Å². The fourth-order valence-electron chi connectivity index (χ4n) is 3.22. The Bertz CT molecular complexity index is 1000. The molecule has 1 N–H and O–H groups in total. The topological polar surface area (TPSA) is 84.9 Å². The number of nitrogens with zero attached hydrogens (tertiary/aromatic N) is 1. The predicted molar refractivity (Wildman–Crippen MR) is 121 cm³/mol. The number of hydrogen-bond donors (Lipinski definition) is 1. The van der Waals surface area contributed by atoms with Crippen molar-refractivity contribution in [2.24, 2.45) is 0 Å². The van der Waals surface area contributed by atoms with Gasteiger partial charge in [0, 0.05) is 18.1 Å². The SMILES string of the molecule is CCOC(=O)c1c(NC(=O)COc2ccc(Cl)cc2Cl)sc(C(=O)N2CCCC2)c1C. The van der Waals surface area contributed by atoms with Gasteiger partial charge in [-0.15, -0.1) is 11.3 Å². The number of ether oxygens (including phenoxy) is 2. The number of carbonyl (C=O) groups excluding carboxylic acids is 3. The predicted octanol–water partition coefficient (Wildman–Crippen LogP) is 4.79. The molecule has 0 unspecified atom stereocenters. The van der Waals surface area contributed by atoms with Crippen LogP contribution in [0.4, 0.5) is 5.00 Å². The number of hydrogen-bond acceptors (Lipinski definition) is 6. The van der Waals surface area contributed by atoms with E-state index in [2.05, 4.69) is 5.32 Å². The first-order valence-corrected chi connectivity index (χ1v) is 11.4. The minimum atomic E-state index is -0.589. The summed E-state index contributed by atoms with van der Waals surface area (Å²) in [4.78, 5) is 40.1. The summed E-state index contributed by atoms with van der Waals surface area (Å²) >= 11 is 13.0. The Labute approximate surface area is 194 Å². The van der Waals surface area contributed by atoms with Gasteiger partial charge in [-0.3, -0.25) is 9.59 Å². The van der Waals surface area contributed by atoms with Crippen LogP contribution in [-0.4, -0.2) is 49.0 Å². The Morgan fingerprint density at radius 1 is 1.19 bits per heavy atom. The lowest BCUT2D eigenvalue weighted by Gasteiger charge is -2.14. The molecular weight excluding hydrogens is 463 g/mol. The molecule has 1 saturated heterocycles. The number of benzene rings is 1. The number of amides is 2. The molecule has 2 heterocycles. The zero-order chi connectivity index (χ0) is 22.5. The molecule has 2 amide bonds. The molecule has 0 radical (unpaired) electrons. The summed E-state index contributed by atoms with van der Waals surface area (Å²) in [5, 5.41) is 3.66. The highest BCUT2D eigenvalue weighted by atomic mass is 35.5. The van der Waals surface area contributed by atoms with Crippen molar-refractivity contribution in [3.63, 3.8) is 0 Å². The van der Waals surface area contributed by atoms with Crippen LogP contribution in [0.15, 0.2) is 18.2 Å². The first-order valence-electron chi connectivity index (χ1n) is 9.79. The number of nitrogens with one attached hydrogen (secondary N) is 1. The highest BCUT2D eigenvalue weighted by Crippen LogP contribution is 2.35. The van der Waals surface area contributed by atoms with E-state index in [1.807, 2.05) is 0 Å². The monoisotopic (exact) mass is 484 g/mol. The van der Waals surface area contributed by atoms with E-state index in [-0.39, 0.29) is 34.7 Å². The summed E-state index contributed by atoms with van der Waals surface area (Å²) in [6.45, 7) is 4.58. The van der Waals surface area contributed by atoms with Crippen molar-refractivity contribution >= 4 is 57.3 Å². The average molecular weight is 485 g/mol. The lowest BCUT2D eigenvalue weighted by Crippen LogP contribution is -2.27. The Hall–Kier alpha value is -2.29. The van der Waals surface area contributed by atoms with Gasteiger partial charge in [-0.25, -0.2) is 4.79 Å². The molecular formula is C21H22Cl2N2O5S. The average Bonchev–Trinajstić information content (AvgIpc) is 3.35. The molecule has 166 valence electrons. The summed E-state index contributed by atoms with van der Waals surface area (Å²) in [6, 6.07) is 4.66. The number of rotatable bonds is 7. The van der Waals surface area contributed by atoms with Gasteiger partial charge in [-0.2, -0.15) is 0 Å². The lowest BCUT2D eigenvalue weighted by atomic mass is 10.1. The van der Waals surface area contributed by atoms with Crippen molar-refractivity contribution in [2.75, 3.05) is 31.6 Å². The Kier molecular flexibility index (Phi) is 7.80. The van der Waals surface area contributed by atoms with Crippen LogP contribution in [0.3, 0.4) is 0 Å². The molecule has 1 aromatic heterocycles. The van der Waals surface area contributed by atoms with E-state index in [1.54, 1.807) is 30.9 Å². The van der Waals surface area contributed by atoms with Crippen molar-refractivity contribution < 1.29 is 23.9 Å². The van der Waals surface area contributed by atoms with Crippen LogP contribution in [0.1, 0.15) is 45.4 Å². The van der Waals surface area contributed by atoms with Gasteiger partial charge >= 0.3 is 5.97 Å². The molecule has 1 fully saturated rings. The molecule has 31 heavy (non-hydrogen) atoms. The van der Waals surface area contributed by atoms with E-state index < -0.39 is 11.9 Å². The Balaban J connectivity index is 1.79. The molecule has 1 aromatic carbocycles. The third-order valence-corrected chi connectivity index (χ3v) is 6.45. The fourth-order valence-corrected chi connectivity index (χ4v) is 4.86. The van der Waals surface area contributed by atoms with Gasteiger partial charge < -0.3 is 19.7 Å². The van der Waals surface area contributed by atoms with Crippen LogP contribution in [0, 0.1) is 6.92 Å². The third kappa shape index (κ3) is 5.50. The molecule has 0 bridgehead atoms. The third-order valence-electron chi connectivity index (χ3n) is 4.72. The van der Waals surface area contributed by atoms with Crippen LogP contribution in [-0.2, 0) is 9.53 Å². The molecule has 10 heteroatoms. The first kappa shape index (κ1) is 23.4. The summed E-state index contributed by atoms with van der Waals surface area (Å²) in [5.74, 6) is -0.930. The van der Waals surface area contributed by atoms with Crippen LogP contribution < -0.4 is 10.1 Å². The van der Waals surface area contributed by atoms with E-state index >= 15 is 0 Å². The number of carbonyl (C=O) groups is 3. The van der Waals surface area contributed by atoms with E-state index in [0.29, 0.717) is 34.3 Å². The van der Waals surface area contributed by atoms with Crippen LogP contribution in [0.5, 0.6) is 5.75 Å². The molecule has 0 atom stereocenters. The standard InChI is InChI=1S/C21H22Cl2N2O5S/c1-3-29-21(28)17-12(2)18(20(27)25-8-4-5-9-25)31-19(17)24-16(26)11-30-15-7-6-13(22)10-14(15)23/h6-7,10H,3-5,8-9,11H2,1-2H3,(H,24,26). The van der Waals surface area contributed by atoms with Gasteiger partial charge in [-0.1, -0.05) is 23.2 Å². The second-order valence-corrected chi connectivity index (χ2v) is 8.76. The zero-order valence-corrected chi connectivity index (χ0v) is 19.5. The number of esters is 1. The minimum absolute atomic E-state index is 0.143. The summed E-state index contributed by atoms with van der Waals surface area (Å²) in [7, 11) is 0. The van der Waals surface area contributed by atoms with Gasteiger partial charge in [0.25, 0.3) is 11.8 Å². The number of thiophene rings is 1. The molecule has 3 rings (SSSR count). The molecule has 1 aliphatic heterocycles. The maximum Gasteiger partial charge on any atom is 0.341 e. The van der Waals surface area contributed by atoms with Crippen molar-refractivity contribution in [2.45, 2.75) is 26.7 Å².